The molecule has 1 heterocycles. The fraction of sp³-hybridized carbons (Fsp3) is 0.273. The van der Waals surface area contributed by atoms with Crippen LogP contribution in [-0.4, -0.2) is 27.9 Å². The summed E-state index contributed by atoms with van der Waals surface area (Å²) in [5.74, 6) is -0.474. The number of phenolic OH excluding ortho intramolecular Hbond substituents is 1. The highest BCUT2D eigenvalue weighted by Gasteiger charge is 2.44. The first-order valence-electron chi connectivity index (χ1n) is 4.89. The molecule has 1 N–H and O–H groups in total. The van der Waals surface area contributed by atoms with Crippen molar-refractivity contribution in [1.29, 1.82) is 0 Å². The number of hydrogen-bond acceptors (Lipinski definition) is 3. The van der Waals surface area contributed by atoms with E-state index < -0.39 is 0 Å². The SMILES string of the molecule is O=C1c2ccc(O)cc2C(=O)N1C1CC1. The molecular formula is C11H9NO3. The lowest BCUT2D eigenvalue weighted by atomic mass is 10.1. The van der Waals surface area contributed by atoms with Crippen molar-refractivity contribution >= 4 is 11.8 Å². The van der Waals surface area contributed by atoms with Crippen LogP contribution in [0.4, 0.5) is 0 Å². The van der Waals surface area contributed by atoms with Crippen LogP contribution >= 0.6 is 0 Å². The van der Waals surface area contributed by atoms with Gasteiger partial charge in [-0.1, -0.05) is 0 Å². The Hall–Kier alpha value is -1.84. The lowest BCUT2D eigenvalue weighted by Crippen LogP contribution is -2.31. The van der Waals surface area contributed by atoms with E-state index in [-0.39, 0.29) is 23.6 Å². The average Bonchev–Trinajstić information content (AvgIpc) is 2.98. The van der Waals surface area contributed by atoms with Gasteiger partial charge in [0.15, 0.2) is 0 Å². The summed E-state index contributed by atoms with van der Waals surface area (Å²) in [5, 5.41) is 9.26. The number of aromatic hydroxyl groups is 1. The van der Waals surface area contributed by atoms with Crippen LogP contribution in [-0.2, 0) is 0 Å². The molecule has 0 radical (unpaired) electrons. The number of amides is 2. The molecule has 0 unspecified atom stereocenters. The predicted molar refractivity (Wildman–Crippen MR) is 51.6 cm³/mol. The van der Waals surface area contributed by atoms with E-state index in [1.807, 2.05) is 0 Å². The van der Waals surface area contributed by atoms with E-state index in [0.29, 0.717) is 11.1 Å². The van der Waals surface area contributed by atoms with Crippen LogP contribution in [0.2, 0.25) is 0 Å². The first-order chi connectivity index (χ1) is 7.18. The Balaban J connectivity index is 2.12. The van der Waals surface area contributed by atoms with Crippen LogP contribution < -0.4 is 0 Å². The Morgan fingerprint density at radius 1 is 1.13 bits per heavy atom. The van der Waals surface area contributed by atoms with Crippen LogP contribution in [0.1, 0.15) is 33.6 Å². The molecule has 76 valence electrons. The monoisotopic (exact) mass is 203 g/mol. The van der Waals surface area contributed by atoms with E-state index >= 15 is 0 Å². The van der Waals surface area contributed by atoms with Gasteiger partial charge in [-0.05, 0) is 31.0 Å². The van der Waals surface area contributed by atoms with Gasteiger partial charge in [-0.15, -0.1) is 0 Å². The maximum Gasteiger partial charge on any atom is 0.261 e. The molecule has 4 nitrogen and oxygen atoms in total. The Bertz CT molecular complexity index is 477. The van der Waals surface area contributed by atoms with Gasteiger partial charge >= 0.3 is 0 Å². The summed E-state index contributed by atoms with van der Waals surface area (Å²) >= 11 is 0. The molecule has 0 spiro atoms. The number of phenols is 1. The zero-order valence-electron chi connectivity index (χ0n) is 7.93. The number of fused-ring (bicyclic) bond motifs is 1. The number of rotatable bonds is 1. The van der Waals surface area contributed by atoms with E-state index in [9.17, 15) is 14.7 Å². The fourth-order valence-corrected chi connectivity index (χ4v) is 1.91. The predicted octanol–water partition coefficient (Wildman–Crippen LogP) is 1.15. The minimum Gasteiger partial charge on any atom is -0.508 e. The largest absolute Gasteiger partial charge is 0.508 e. The molecule has 1 fully saturated rings. The Labute approximate surface area is 86.1 Å². The minimum absolute atomic E-state index is 0.0209. The third kappa shape index (κ3) is 1.08. The van der Waals surface area contributed by atoms with Gasteiger partial charge in [0.05, 0.1) is 11.1 Å². The number of hydrogen-bond donors (Lipinski definition) is 1. The first-order valence-corrected chi connectivity index (χ1v) is 4.89. The number of carbonyl (C=O) groups is 2. The van der Waals surface area contributed by atoms with Crippen molar-refractivity contribution in [3.05, 3.63) is 29.3 Å². The molecule has 15 heavy (non-hydrogen) atoms. The van der Waals surface area contributed by atoms with Crippen molar-refractivity contribution in [3.8, 4) is 5.75 Å². The third-order valence-electron chi connectivity index (χ3n) is 2.81. The van der Waals surface area contributed by atoms with Crippen molar-refractivity contribution in [1.82, 2.24) is 4.90 Å². The lowest BCUT2D eigenvalue weighted by Gasteiger charge is -2.11. The van der Waals surface area contributed by atoms with Gasteiger partial charge in [0.1, 0.15) is 5.75 Å². The third-order valence-corrected chi connectivity index (χ3v) is 2.81. The summed E-state index contributed by atoms with van der Waals surface area (Å²) in [4.78, 5) is 25.0. The molecule has 2 amide bonds. The van der Waals surface area contributed by atoms with Gasteiger partial charge in [-0.2, -0.15) is 0 Å². The summed E-state index contributed by atoms with van der Waals surface area (Å²) in [5.41, 5.74) is 0.733. The molecule has 2 aliphatic rings. The van der Waals surface area contributed by atoms with Crippen LogP contribution in [0.15, 0.2) is 18.2 Å². The highest BCUT2D eigenvalue weighted by Crippen LogP contribution is 2.35. The topological polar surface area (TPSA) is 57.6 Å². The molecule has 0 bridgehead atoms. The molecule has 0 atom stereocenters. The number of imide groups is 1. The molecule has 1 saturated carbocycles. The summed E-state index contributed by atoms with van der Waals surface area (Å²) in [6, 6.07) is 4.38. The summed E-state index contributed by atoms with van der Waals surface area (Å²) in [6.45, 7) is 0. The summed E-state index contributed by atoms with van der Waals surface area (Å²) in [6.07, 6.45) is 1.80. The lowest BCUT2D eigenvalue weighted by molar-refractivity contribution is 0.0642. The van der Waals surface area contributed by atoms with Gasteiger partial charge < -0.3 is 5.11 Å². The average molecular weight is 203 g/mol. The van der Waals surface area contributed by atoms with E-state index in [1.54, 1.807) is 0 Å². The van der Waals surface area contributed by atoms with Gasteiger partial charge in [0, 0.05) is 6.04 Å². The first kappa shape index (κ1) is 8.47. The van der Waals surface area contributed by atoms with Gasteiger partial charge in [0.2, 0.25) is 0 Å². The van der Waals surface area contributed by atoms with Crippen molar-refractivity contribution < 1.29 is 14.7 Å². The standard InChI is InChI=1S/C11H9NO3/c13-7-3-4-8-9(5-7)11(15)12(10(8)14)6-1-2-6/h3-6,13H,1-2H2. The molecule has 0 aromatic heterocycles. The van der Waals surface area contributed by atoms with E-state index in [0.717, 1.165) is 12.8 Å². The molecule has 1 aliphatic carbocycles. The number of benzene rings is 1. The Morgan fingerprint density at radius 2 is 1.80 bits per heavy atom. The van der Waals surface area contributed by atoms with Crippen LogP contribution in [0.3, 0.4) is 0 Å². The maximum atomic E-state index is 11.8. The summed E-state index contributed by atoms with van der Waals surface area (Å²) < 4.78 is 0. The highest BCUT2D eigenvalue weighted by atomic mass is 16.3. The quantitative estimate of drug-likeness (QED) is 0.696. The molecular weight excluding hydrogens is 194 g/mol. The molecule has 1 aromatic rings. The van der Waals surface area contributed by atoms with Crippen molar-refractivity contribution in [2.75, 3.05) is 0 Å². The maximum absolute atomic E-state index is 11.8. The van der Waals surface area contributed by atoms with Crippen molar-refractivity contribution in [2.24, 2.45) is 0 Å². The van der Waals surface area contributed by atoms with Crippen LogP contribution in [0.5, 0.6) is 5.75 Å². The second-order valence-electron chi connectivity index (χ2n) is 3.94. The molecule has 4 heteroatoms. The van der Waals surface area contributed by atoms with Gasteiger partial charge in [0.25, 0.3) is 11.8 Å². The zero-order valence-corrected chi connectivity index (χ0v) is 7.93. The zero-order chi connectivity index (χ0) is 10.6. The second kappa shape index (κ2) is 2.59. The normalized spacial score (nSPS) is 19.6. The van der Waals surface area contributed by atoms with Gasteiger partial charge in [-0.25, -0.2) is 0 Å². The number of nitrogens with zero attached hydrogens (tertiary/aromatic N) is 1. The molecule has 3 rings (SSSR count). The van der Waals surface area contributed by atoms with Crippen LogP contribution in [0.25, 0.3) is 0 Å². The molecule has 1 aromatic carbocycles. The van der Waals surface area contributed by atoms with Crippen LogP contribution in [0, 0.1) is 0 Å². The fourth-order valence-electron chi connectivity index (χ4n) is 1.91. The second-order valence-corrected chi connectivity index (χ2v) is 3.94. The van der Waals surface area contributed by atoms with Gasteiger partial charge in [-0.3, -0.25) is 14.5 Å². The smallest absolute Gasteiger partial charge is 0.261 e. The van der Waals surface area contributed by atoms with Crippen molar-refractivity contribution in [3.63, 3.8) is 0 Å². The van der Waals surface area contributed by atoms with E-state index in [1.165, 1.54) is 23.1 Å². The minimum atomic E-state index is -0.270. The van der Waals surface area contributed by atoms with E-state index in [2.05, 4.69) is 0 Å². The molecule has 1 aliphatic heterocycles. The van der Waals surface area contributed by atoms with E-state index in [4.69, 9.17) is 0 Å². The Kier molecular flexibility index (Phi) is 1.46. The summed E-state index contributed by atoms with van der Waals surface area (Å²) in [7, 11) is 0. The number of carbonyl (C=O) groups excluding carboxylic acids is 2. The van der Waals surface area contributed by atoms with Crippen molar-refractivity contribution in [2.45, 2.75) is 18.9 Å². The Morgan fingerprint density at radius 3 is 2.47 bits per heavy atom. The highest BCUT2D eigenvalue weighted by molar-refractivity contribution is 6.21. The molecule has 0 saturated heterocycles.